The maximum atomic E-state index is 7.36. The summed E-state index contributed by atoms with van der Waals surface area (Å²) in [6.07, 6.45) is 1.66. The molecule has 3 nitrogen and oxygen atoms in total. The standard InChI is InChI=1S/C10H15N3S/c1-7(2)6-14-8-4-3-5-13-9(8)10(11)12/h3-5,7H,6H2,1-2H3,(H3,11,12). The van der Waals surface area contributed by atoms with Gasteiger partial charge in [0.2, 0.25) is 0 Å². The van der Waals surface area contributed by atoms with E-state index in [9.17, 15) is 0 Å². The molecule has 1 rings (SSSR count). The average Bonchev–Trinajstić information content (AvgIpc) is 2.15. The molecule has 0 amide bonds. The molecule has 0 aliphatic heterocycles. The van der Waals surface area contributed by atoms with Crippen LogP contribution in [0.1, 0.15) is 19.5 Å². The highest BCUT2D eigenvalue weighted by Gasteiger charge is 2.06. The third-order valence-electron chi connectivity index (χ3n) is 1.60. The van der Waals surface area contributed by atoms with Crippen molar-refractivity contribution in [1.82, 2.24) is 4.98 Å². The van der Waals surface area contributed by atoms with E-state index in [0.717, 1.165) is 10.6 Å². The molecule has 0 bridgehead atoms. The Hall–Kier alpha value is -1.03. The first kappa shape index (κ1) is 11.0. The number of pyridine rings is 1. The van der Waals surface area contributed by atoms with Crippen LogP contribution in [0.5, 0.6) is 0 Å². The minimum absolute atomic E-state index is 0.0388. The molecule has 0 aliphatic rings. The first-order valence-electron chi connectivity index (χ1n) is 4.53. The number of thioether (sulfide) groups is 1. The summed E-state index contributed by atoms with van der Waals surface area (Å²) in [4.78, 5) is 5.08. The van der Waals surface area contributed by atoms with Gasteiger partial charge in [0, 0.05) is 16.8 Å². The fourth-order valence-electron chi connectivity index (χ4n) is 0.966. The van der Waals surface area contributed by atoms with Crippen molar-refractivity contribution in [3.8, 4) is 0 Å². The number of amidine groups is 1. The zero-order valence-corrected chi connectivity index (χ0v) is 9.27. The highest BCUT2D eigenvalue weighted by Crippen LogP contribution is 2.22. The van der Waals surface area contributed by atoms with Crippen molar-refractivity contribution >= 4 is 17.6 Å². The van der Waals surface area contributed by atoms with E-state index in [0.29, 0.717) is 11.6 Å². The first-order chi connectivity index (χ1) is 6.61. The van der Waals surface area contributed by atoms with Crippen molar-refractivity contribution in [2.45, 2.75) is 18.7 Å². The van der Waals surface area contributed by atoms with Gasteiger partial charge in [-0.05, 0) is 18.1 Å². The number of rotatable bonds is 4. The van der Waals surface area contributed by atoms with E-state index >= 15 is 0 Å². The highest BCUT2D eigenvalue weighted by molar-refractivity contribution is 7.99. The molecule has 0 aromatic carbocycles. The minimum atomic E-state index is 0.0388. The molecular formula is C10H15N3S. The third kappa shape index (κ3) is 3.03. The quantitative estimate of drug-likeness (QED) is 0.453. The fraction of sp³-hybridized carbons (Fsp3) is 0.400. The van der Waals surface area contributed by atoms with Crippen molar-refractivity contribution < 1.29 is 0 Å². The maximum Gasteiger partial charge on any atom is 0.142 e. The molecule has 1 heterocycles. The molecule has 0 radical (unpaired) electrons. The van der Waals surface area contributed by atoms with E-state index in [-0.39, 0.29) is 5.84 Å². The molecule has 3 N–H and O–H groups in total. The van der Waals surface area contributed by atoms with Gasteiger partial charge in [-0.1, -0.05) is 13.8 Å². The molecule has 1 aromatic rings. The summed E-state index contributed by atoms with van der Waals surface area (Å²) >= 11 is 1.70. The minimum Gasteiger partial charge on any atom is -0.382 e. The van der Waals surface area contributed by atoms with Crippen molar-refractivity contribution in [2.24, 2.45) is 11.7 Å². The Morgan fingerprint density at radius 1 is 1.64 bits per heavy atom. The van der Waals surface area contributed by atoms with Gasteiger partial charge < -0.3 is 5.73 Å². The zero-order valence-electron chi connectivity index (χ0n) is 8.45. The van der Waals surface area contributed by atoms with Crippen molar-refractivity contribution in [2.75, 3.05) is 5.75 Å². The Bertz CT molecular complexity index is 323. The lowest BCUT2D eigenvalue weighted by Gasteiger charge is -2.07. The molecule has 1 aromatic heterocycles. The van der Waals surface area contributed by atoms with Crippen LogP contribution in [0.25, 0.3) is 0 Å². The Morgan fingerprint density at radius 2 is 2.36 bits per heavy atom. The zero-order chi connectivity index (χ0) is 10.6. The van der Waals surface area contributed by atoms with E-state index in [1.807, 2.05) is 12.1 Å². The predicted molar refractivity (Wildman–Crippen MR) is 60.8 cm³/mol. The molecule has 0 atom stereocenters. The van der Waals surface area contributed by atoms with Gasteiger partial charge in [0.05, 0.1) is 0 Å². The van der Waals surface area contributed by atoms with Gasteiger partial charge in [0.15, 0.2) is 0 Å². The molecule has 0 aliphatic carbocycles. The summed E-state index contributed by atoms with van der Waals surface area (Å²) in [7, 11) is 0. The van der Waals surface area contributed by atoms with Crippen molar-refractivity contribution in [3.05, 3.63) is 24.0 Å². The van der Waals surface area contributed by atoms with E-state index in [1.165, 1.54) is 0 Å². The summed E-state index contributed by atoms with van der Waals surface area (Å²) in [5.74, 6) is 1.68. The van der Waals surface area contributed by atoms with Gasteiger partial charge in [-0.15, -0.1) is 11.8 Å². The van der Waals surface area contributed by atoms with Gasteiger partial charge in [0.1, 0.15) is 11.5 Å². The van der Waals surface area contributed by atoms with Crippen LogP contribution in [0.3, 0.4) is 0 Å². The summed E-state index contributed by atoms with van der Waals surface area (Å²) < 4.78 is 0. The molecule has 4 heteroatoms. The molecule has 0 unspecified atom stereocenters. The van der Waals surface area contributed by atoms with Gasteiger partial charge in [-0.3, -0.25) is 10.4 Å². The SMILES string of the molecule is CC(C)CSc1cccnc1C(=N)N. The topological polar surface area (TPSA) is 62.8 Å². The van der Waals surface area contributed by atoms with Crippen LogP contribution in [0, 0.1) is 11.3 Å². The lowest BCUT2D eigenvalue weighted by Crippen LogP contribution is -2.14. The lowest BCUT2D eigenvalue weighted by atomic mass is 10.3. The van der Waals surface area contributed by atoms with Crippen LogP contribution in [0.4, 0.5) is 0 Å². The molecular weight excluding hydrogens is 194 g/mol. The number of hydrogen-bond donors (Lipinski definition) is 2. The van der Waals surface area contributed by atoms with Crippen LogP contribution in [0.15, 0.2) is 23.2 Å². The second kappa shape index (κ2) is 5.00. The summed E-state index contributed by atoms with van der Waals surface area (Å²) in [5, 5.41) is 7.36. The van der Waals surface area contributed by atoms with Crippen LogP contribution < -0.4 is 5.73 Å². The van der Waals surface area contributed by atoms with E-state index < -0.39 is 0 Å². The Labute approximate surface area is 88.6 Å². The second-order valence-electron chi connectivity index (χ2n) is 3.47. The lowest BCUT2D eigenvalue weighted by molar-refractivity contribution is 0.750. The van der Waals surface area contributed by atoms with Gasteiger partial charge in [-0.25, -0.2) is 0 Å². The molecule has 0 saturated heterocycles. The Kier molecular flexibility index (Phi) is 3.95. The third-order valence-corrected chi connectivity index (χ3v) is 3.07. The number of hydrogen-bond acceptors (Lipinski definition) is 3. The largest absolute Gasteiger partial charge is 0.382 e. The van der Waals surface area contributed by atoms with Crippen LogP contribution >= 0.6 is 11.8 Å². The molecule has 0 saturated carbocycles. The number of nitrogen functional groups attached to an aromatic ring is 1. The van der Waals surface area contributed by atoms with E-state index in [4.69, 9.17) is 11.1 Å². The fourth-order valence-corrected chi connectivity index (χ4v) is 1.95. The van der Waals surface area contributed by atoms with Gasteiger partial charge in [-0.2, -0.15) is 0 Å². The van der Waals surface area contributed by atoms with Gasteiger partial charge in [0.25, 0.3) is 0 Å². The second-order valence-corrected chi connectivity index (χ2v) is 4.53. The van der Waals surface area contributed by atoms with E-state index in [2.05, 4.69) is 18.8 Å². The van der Waals surface area contributed by atoms with Crippen LogP contribution in [0.2, 0.25) is 0 Å². The highest BCUT2D eigenvalue weighted by atomic mass is 32.2. The summed E-state index contributed by atoms with van der Waals surface area (Å²) in [5.41, 5.74) is 6.02. The number of nitrogens with zero attached hydrogens (tertiary/aromatic N) is 1. The smallest absolute Gasteiger partial charge is 0.142 e. The number of nitrogens with one attached hydrogen (secondary N) is 1. The van der Waals surface area contributed by atoms with Crippen molar-refractivity contribution in [1.29, 1.82) is 5.41 Å². The Morgan fingerprint density at radius 3 is 2.93 bits per heavy atom. The molecule has 14 heavy (non-hydrogen) atoms. The number of aromatic nitrogens is 1. The molecule has 76 valence electrons. The number of nitrogens with two attached hydrogens (primary N) is 1. The summed E-state index contributed by atoms with van der Waals surface area (Å²) in [6.45, 7) is 4.33. The molecule has 0 spiro atoms. The van der Waals surface area contributed by atoms with Crippen molar-refractivity contribution in [3.63, 3.8) is 0 Å². The van der Waals surface area contributed by atoms with Crippen LogP contribution in [-0.2, 0) is 0 Å². The predicted octanol–water partition coefficient (Wildman–Crippen LogP) is 2.11. The molecule has 0 fully saturated rings. The van der Waals surface area contributed by atoms with Gasteiger partial charge >= 0.3 is 0 Å². The monoisotopic (exact) mass is 209 g/mol. The summed E-state index contributed by atoms with van der Waals surface area (Å²) in [6, 6.07) is 3.83. The normalized spacial score (nSPS) is 10.5. The first-order valence-corrected chi connectivity index (χ1v) is 5.52. The van der Waals surface area contributed by atoms with E-state index in [1.54, 1.807) is 18.0 Å². The average molecular weight is 209 g/mol. The maximum absolute atomic E-state index is 7.36. The Balaban J connectivity index is 2.79. The van der Waals surface area contributed by atoms with Crippen LogP contribution in [-0.4, -0.2) is 16.6 Å².